The van der Waals surface area contributed by atoms with E-state index in [1.807, 2.05) is 0 Å². The van der Waals surface area contributed by atoms with Gasteiger partial charge in [-0.1, -0.05) is 0 Å². The molecule has 0 heterocycles. The zero-order valence-electron chi connectivity index (χ0n) is 14.0. The summed E-state index contributed by atoms with van der Waals surface area (Å²) in [4.78, 5) is 62.6. The van der Waals surface area contributed by atoms with Crippen LogP contribution < -0.4 is 4.74 Å². The Bertz CT molecular complexity index is 1100. The quantitative estimate of drug-likeness (QED) is 0.491. The van der Waals surface area contributed by atoms with Crippen molar-refractivity contribution in [2.75, 3.05) is 0 Å². The van der Waals surface area contributed by atoms with Crippen molar-refractivity contribution in [3.63, 3.8) is 0 Å². The van der Waals surface area contributed by atoms with Crippen molar-refractivity contribution in [1.29, 1.82) is 0 Å². The molecule has 0 atom stereocenters. The Morgan fingerprint density at radius 1 is 0.690 bits per heavy atom. The van der Waals surface area contributed by atoms with Crippen LogP contribution >= 0.6 is 0 Å². The average molecular weight is 450 g/mol. The van der Waals surface area contributed by atoms with Crippen molar-refractivity contribution in [1.82, 2.24) is 0 Å². The summed E-state index contributed by atoms with van der Waals surface area (Å²) in [6.07, 6.45) is 0. The molecule has 0 unspecified atom stereocenters. The Hall–Kier alpha value is -3.82. The first-order valence-corrected chi connectivity index (χ1v) is 9.36. The van der Waals surface area contributed by atoms with Gasteiger partial charge in [-0.25, -0.2) is 0 Å². The molecule has 0 aliphatic heterocycles. The first kappa shape index (κ1) is 19.9. The van der Waals surface area contributed by atoms with Gasteiger partial charge in [0, 0.05) is 0 Å². The average Bonchev–Trinajstić information content (AvgIpc) is 2.65. The Labute approximate surface area is 163 Å². The molecule has 0 radical (unpaired) electrons. The number of fused-ring (bicyclic) bond motifs is 2. The second-order valence-electron chi connectivity index (χ2n) is 5.30. The summed E-state index contributed by atoms with van der Waals surface area (Å²) in [5.74, 6) is -1.90. The van der Waals surface area contributed by atoms with Crippen LogP contribution in [0.2, 0.25) is 0 Å². The van der Waals surface area contributed by atoms with Gasteiger partial charge in [0.15, 0.2) is 0 Å². The maximum atomic E-state index is 12.8. The van der Waals surface area contributed by atoms with Crippen molar-refractivity contribution >= 4 is 31.0 Å². The first-order chi connectivity index (χ1) is 13.6. The molecule has 11 heteroatoms. The molecule has 10 nitrogen and oxygen atoms in total. The van der Waals surface area contributed by atoms with Gasteiger partial charge in [0.2, 0.25) is 0 Å². The molecule has 0 fully saturated rings. The minimum atomic E-state index is -4.98. The Kier molecular flexibility index (Phi) is 4.79. The monoisotopic (exact) mass is 449 g/mol. The van der Waals surface area contributed by atoms with E-state index in [1.54, 1.807) is 6.07 Å². The second-order valence-corrected chi connectivity index (χ2v) is 8.31. The van der Waals surface area contributed by atoms with E-state index < -0.39 is 55.2 Å². The van der Waals surface area contributed by atoms with E-state index in [-0.39, 0.29) is 16.7 Å². The summed E-state index contributed by atoms with van der Waals surface area (Å²) < 4.78 is 4.78. The van der Waals surface area contributed by atoms with Crippen LogP contribution in [0.1, 0.15) is 31.8 Å². The summed E-state index contributed by atoms with van der Waals surface area (Å²) in [5.41, 5.74) is -0.436. The zero-order valence-corrected chi connectivity index (χ0v) is 15.0. The van der Waals surface area contributed by atoms with E-state index >= 15 is 0 Å². The van der Waals surface area contributed by atoms with Crippen LogP contribution in [0.25, 0.3) is 0 Å². The molecule has 0 bridgehead atoms. The third kappa shape index (κ3) is 2.80. The Morgan fingerprint density at radius 2 is 1.17 bits per heavy atom. The number of hydrogen-bond acceptors (Lipinski definition) is 7. The molecule has 3 N–H and O–H groups in total. The molecule has 29 heavy (non-hydrogen) atoms. The molecule has 0 saturated heterocycles. The molecular weight excluding hydrogens is 440 g/mol. The van der Waals surface area contributed by atoms with Crippen molar-refractivity contribution in [3.05, 3.63) is 64.7 Å². The number of carbonyl (C=O) groups is 6. The van der Waals surface area contributed by atoms with Crippen LogP contribution in [0.3, 0.4) is 0 Å². The molecule has 1 aliphatic rings. The summed E-state index contributed by atoms with van der Waals surface area (Å²) in [6.45, 7) is 0. The molecule has 0 aromatic heterocycles. The number of hydrogen-bond donors (Lipinski definition) is 3. The fourth-order valence-electron chi connectivity index (χ4n) is 2.65. The fourth-order valence-corrected chi connectivity index (χ4v) is 3.90. The van der Waals surface area contributed by atoms with E-state index in [2.05, 4.69) is 0 Å². The van der Waals surface area contributed by atoms with Crippen LogP contribution in [0.5, 0.6) is 5.75 Å². The molecule has 1 aliphatic carbocycles. The van der Waals surface area contributed by atoms with Gasteiger partial charge in [-0.3, -0.25) is 0 Å². The Morgan fingerprint density at radius 3 is 1.69 bits per heavy atom. The number of ketones is 2. The van der Waals surface area contributed by atoms with E-state index in [0.717, 1.165) is 6.07 Å². The minimum absolute atomic E-state index is 0.00125. The predicted octanol–water partition coefficient (Wildman–Crippen LogP) is 3.15. The number of carboxylic acid groups (broad SMARTS) is 3. The van der Waals surface area contributed by atoms with Crippen molar-refractivity contribution in [2.24, 2.45) is 0 Å². The molecule has 153 valence electrons. The van der Waals surface area contributed by atoms with Gasteiger partial charge in [0.25, 0.3) is 0 Å². The summed E-state index contributed by atoms with van der Waals surface area (Å²) >= 11 is -4.98. The van der Waals surface area contributed by atoms with E-state index in [1.165, 1.54) is 30.3 Å². The summed E-state index contributed by atoms with van der Waals surface area (Å²) in [5, 5.41) is 27.4. The van der Waals surface area contributed by atoms with E-state index in [0.29, 0.717) is 0 Å². The fraction of sp³-hybridized carbons (Fsp3) is 0. The van der Waals surface area contributed by atoms with Crippen LogP contribution in [0.4, 0.5) is 19.2 Å². The molecule has 0 saturated carbocycles. The Balaban J connectivity index is 2.14. The third-order valence-electron chi connectivity index (χ3n) is 3.86. The predicted molar refractivity (Wildman–Crippen MR) is 89.8 cm³/mol. The van der Waals surface area contributed by atoms with Gasteiger partial charge in [0.1, 0.15) is 0 Å². The van der Waals surface area contributed by atoms with Gasteiger partial charge in [0.05, 0.1) is 0 Å². The van der Waals surface area contributed by atoms with Gasteiger partial charge in [-0.15, -0.1) is 0 Å². The van der Waals surface area contributed by atoms with Gasteiger partial charge < -0.3 is 0 Å². The maximum absolute atomic E-state index is 12.8. The standard InChI is InChI=1S/C15H7O4.3CHO2.Cu/c16-8-19-12-7-3-6-11-13(12)15(18)10-5-2-1-4-9(10)14(11)17;3*2-1-3;/h1-7H;3*(H,2,3);. The van der Waals surface area contributed by atoms with Crippen molar-refractivity contribution < 1.29 is 61.7 Å². The molecular formula is C18H10CuO10. The van der Waals surface area contributed by atoms with Crippen LogP contribution in [-0.4, -0.2) is 46.4 Å². The van der Waals surface area contributed by atoms with Gasteiger partial charge >= 0.3 is 163 Å². The zero-order chi connectivity index (χ0) is 21.5. The molecule has 2 aromatic rings. The molecule has 0 spiro atoms. The second kappa shape index (κ2) is 6.97. The number of rotatable bonds is 5. The number of benzene rings is 2. The van der Waals surface area contributed by atoms with Crippen LogP contribution in [0, 0.1) is 0 Å². The summed E-state index contributed by atoms with van der Waals surface area (Å²) in [7, 11) is 0. The van der Waals surface area contributed by atoms with Crippen molar-refractivity contribution in [2.45, 2.75) is 0 Å². The number of carbonyl (C=O) groups excluding carboxylic acids is 3. The topological polar surface area (TPSA) is 172 Å². The van der Waals surface area contributed by atoms with E-state index in [4.69, 9.17) is 20.1 Å². The number of ether oxygens (including phenoxy) is 1. The molecule has 2 aromatic carbocycles. The first-order valence-electron chi connectivity index (χ1n) is 7.48. The van der Waals surface area contributed by atoms with Gasteiger partial charge in [-0.2, -0.15) is 0 Å². The SMILES string of the molecule is O=C1c2ccccc2C(=O)c2c(O[C](=O)[Cu]([C](=O)O)([C](=O)O)[C](=O)O)cccc21. The summed E-state index contributed by atoms with van der Waals surface area (Å²) in [6, 6.07) is 9.35. The van der Waals surface area contributed by atoms with Gasteiger partial charge in [-0.05, 0) is 0 Å². The molecule has 3 rings (SSSR count). The van der Waals surface area contributed by atoms with E-state index in [9.17, 15) is 28.8 Å². The normalized spacial score (nSPS) is 13.1. The van der Waals surface area contributed by atoms with Crippen LogP contribution in [-0.2, 0) is 12.8 Å². The van der Waals surface area contributed by atoms with Crippen LogP contribution in [0.15, 0.2) is 42.5 Å². The molecule has 0 amide bonds. The third-order valence-corrected chi connectivity index (χ3v) is 6.35. The van der Waals surface area contributed by atoms with Crippen molar-refractivity contribution in [3.8, 4) is 5.75 Å².